The van der Waals surface area contributed by atoms with Gasteiger partial charge in [-0.15, -0.1) is 0 Å². The number of carboxylic acid groups (broad SMARTS) is 1. The number of hydrogen-bond acceptors (Lipinski definition) is 6. The Kier molecular flexibility index (Phi) is 12.1. The molecule has 212 valence electrons. The molecule has 0 amide bonds. The van der Waals surface area contributed by atoms with Gasteiger partial charge in [-0.05, 0) is 48.9 Å². The van der Waals surface area contributed by atoms with Crippen molar-refractivity contribution in [2.45, 2.75) is 51.2 Å². The monoisotopic (exact) mass is 586 g/mol. The minimum absolute atomic E-state index is 0. The number of halogens is 1. The Balaban J connectivity index is 0.00000462. The molecule has 0 saturated heterocycles. The van der Waals surface area contributed by atoms with Gasteiger partial charge in [-0.25, -0.2) is 14.1 Å². The quantitative estimate of drug-likeness (QED) is 0.172. The molecule has 1 unspecified atom stereocenters. The summed E-state index contributed by atoms with van der Waals surface area (Å²) in [4.78, 5) is 15.4. The fraction of sp³-hybridized carbons (Fsp3) is 0.258. The molecule has 0 radical (unpaired) electrons. The van der Waals surface area contributed by atoms with Crippen LogP contribution in [-0.2, 0) is 4.79 Å². The molecular weight excluding hydrogens is 551 g/mol. The number of aliphatic hydroxyl groups is 2. The molecule has 0 saturated carbocycles. The summed E-state index contributed by atoms with van der Waals surface area (Å²) in [7, 11) is 0. The van der Waals surface area contributed by atoms with Crippen LogP contribution in [0.3, 0.4) is 0 Å². The van der Waals surface area contributed by atoms with Gasteiger partial charge in [0.25, 0.3) is 0 Å². The van der Waals surface area contributed by atoms with Gasteiger partial charge >= 0.3 is 43.7 Å². The van der Waals surface area contributed by atoms with Crippen molar-refractivity contribution in [1.82, 2.24) is 14.8 Å². The number of hydrogen-bond donors (Lipinski definition) is 4. The van der Waals surface area contributed by atoms with E-state index in [0.717, 1.165) is 34.6 Å². The zero-order valence-corrected chi connectivity index (χ0v) is 22.4. The van der Waals surface area contributed by atoms with Crippen LogP contribution < -0.4 is 5.32 Å². The standard InChI is InChI=1S/C31H33FN4O4.Ca.2H/c1-3-20(2)30-27(14-13-25(37)18-26(38)19-29(39)40)31(21-9-11-22(32)12-10-21)36(35-30)24-15-16-33-28(17-24)34-23-7-5-4-6-8-23;;;/h4-17,20,25-26,37-38H,3,18-19H2,1-2H3,(H,33,34)(H,39,40);;;/t20?,25-,26-;;;/m1.../s1. The molecule has 0 bridgehead atoms. The Hall–Kier alpha value is -3.08. The first-order chi connectivity index (χ1) is 19.2. The van der Waals surface area contributed by atoms with Crippen LogP contribution in [0.1, 0.15) is 50.3 Å². The van der Waals surface area contributed by atoms with Crippen LogP contribution in [0.4, 0.5) is 15.9 Å². The van der Waals surface area contributed by atoms with Crippen LogP contribution in [0.5, 0.6) is 0 Å². The number of anilines is 2. The maximum absolute atomic E-state index is 13.9. The van der Waals surface area contributed by atoms with Crippen molar-refractivity contribution >= 4 is 61.3 Å². The van der Waals surface area contributed by atoms with Gasteiger partial charge < -0.3 is 20.6 Å². The fourth-order valence-electron chi connectivity index (χ4n) is 4.38. The van der Waals surface area contributed by atoms with E-state index in [4.69, 9.17) is 10.2 Å². The number of para-hydroxylation sites is 1. The van der Waals surface area contributed by atoms with E-state index in [1.54, 1.807) is 29.1 Å². The second kappa shape index (κ2) is 15.2. The van der Waals surface area contributed by atoms with E-state index in [-0.39, 0.29) is 55.9 Å². The van der Waals surface area contributed by atoms with Crippen molar-refractivity contribution in [2.75, 3.05) is 5.32 Å². The number of aromatic nitrogens is 3. The number of pyridine rings is 1. The predicted octanol–water partition coefficient (Wildman–Crippen LogP) is 5.01. The van der Waals surface area contributed by atoms with Crippen LogP contribution in [0.15, 0.2) is 79.0 Å². The van der Waals surface area contributed by atoms with Crippen LogP contribution in [0.2, 0.25) is 0 Å². The predicted molar refractivity (Wildman–Crippen MR) is 162 cm³/mol. The maximum atomic E-state index is 13.9. The molecule has 4 N–H and O–H groups in total. The van der Waals surface area contributed by atoms with E-state index in [0.29, 0.717) is 11.5 Å². The molecule has 0 aliphatic heterocycles. The number of aliphatic hydroxyl groups excluding tert-OH is 2. The number of rotatable bonds is 12. The normalized spacial score (nSPS) is 13.4. The summed E-state index contributed by atoms with van der Waals surface area (Å²) in [6, 6.07) is 19.5. The van der Waals surface area contributed by atoms with Gasteiger partial charge in [0.1, 0.15) is 11.6 Å². The van der Waals surface area contributed by atoms with Gasteiger partial charge in [0, 0.05) is 41.4 Å². The van der Waals surface area contributed by atoms with Crippen molar-refractivity contribution in [1.29, 1.82) is 0 Å². The summed E-state index contributed by atoms with van der Waals surface area (Å²) in [6.07, 6.45) is 2.92. The number of benzene rings is 2. The van der Waals surface area contributed by atoms with Crippen LogP contribution in [0.25, 0.3) is 23.0 Å². The van der Waals surface area contributed by atoms with E-state index in [1.165, 1.54) is 18.2 Å². The van der Waals surface area contributed by atoms with Gasteiger partial charge in [0.05, 0.1) is 35.7 Å². The first-order valence-corrected chi connectivity index (χ1v) is 13.2. The van der Waals surface area contributed by atoms with Crippen molar-refractivity contribution in [3.05, 3.63) is 96.1 Å². The molecule has 10 heteroatoms. The summed E-state index contributed by atoms with van der Waals surface area (Å²) in [5, 5.41) is 37.7. The molecule has 2 aromatic carbocycles. The third-order valence-electron chi connectivity index (χ3n) is 6.59. The topological polar surface area (TPSA) is 121 Å². The molecule has 4 aromatic rings. The van der Waals surface area contributed by atoms with E-state index in [9.17, 15) is 19.4 Å². The molecule has 0 fully saturated rings. The molecule has 8 nitrogen and oxygen atoms in total. The number of aliphatic carboxylic acids is 1. The third kappa shape index (κ3) is 8.70. The summed E-state index contributed by atoms with van der Waals surface area (Å²) in [5.41, 5.74) is 4.55. The van der Waals surface area contributed by atoms with Crippen LogP contribution in [-0.4, -0.2) is 86.0 Å². The first kappa shape index (κ1) is 32.4. The Bertz CT molecular complexity index is 1460. The van der Waals surface area contributed by atoms with Crippen molar-refractivity contribution in [3.8, 4) is 16.9 Å². The molecular formula is C31H35CaFN4O4. The molecule has 0 aliphatic carbocycles. The molecule has 2 aromatic heterocycles. The molecule has 0 aliphatic rings. The van der Waals surface area contributed by atoms with Crippen molar-refractivity contribution < 1.29 is 24.5 Å². The van der Waals surface area contributed by atoms with Crippen LogP contribution in [0, 0.1) is 5.82 Å². The van der Waals surface area contributed by atoms with E-state index >= 15 is 0 Å². The van der Waals surface area contributed by atoms with Crippen molar-refractivity contribution in [3.63, 3.8) is 0 Å². The summed E-state index contributed by atoms with van der Waals surface area (Å²) >= 11 is 0. The molecule has 4 rings (SSSR count). The summed E-state index contributed by atoms with van der Waals surface area (Å²) in [6.45, 7) is 4.11. The van der Waals surface area contributed by atoms with E-state index < -0.39 is 24.6 Å². The van der Waals surface area contributed by atoms with Gasteiger partial charge in [-0.3, -0.25) is 4.79 Å². The Morgan fingerprint density at radius 2 is 1.80 bits per heavy atom. The molecule has 41 heavy (non-hydrogen) atoms. The van der Waals surface area contributed by atoms with Gasteiger partial charge in [-0.1, -0.05) is 44.2 Å². The second-order valence-corrected chi connectivity index (χ2v) is 9.68. The fourth-order valence-corrected chi connectivity index (χ4v) is 4.38. The molecule has 3 atom stereocenters. The van der Waals surface area contributed by atoms with Gasteiger partial charge in [-0.2, -0.15) is 5.10 Å². The summed E-state index contributed by atoms with van der Waals surface area (Å²) in [5.74, 6) is -0.830. The minimum atomic E-state index is -1.18. The molecule has 2 heterocycles. The zero-order valence-electron chi connectivity index (χ0n) is 22.4. The Morgan fingerprint density at radius 1 is 1.10 bits per heavy atom. The average Bonchev–Trinajstić information content (AvgIpc) is 3.31. The summed E-state index contributed by atoms with van der Waals surface area (Å²) < 4.78 is 15.7. The van der Waals surface area contributed by atoms with Gasteiger partial charge in [0.2, 0.25) is 0 Å². The Labute approximate surface area is 268 Å². The SMILES string of the molecule is CCC(C)c1nn(-c2ccnc(Nc3ccccc3)c2)c(-c2ccc(F)cc2)c1C=C[C@@H](O)C[C@@H](O)CC(=O)O.[CaH2]. The van der Waals surface area contributed by atoms with E-state index in [2.05, 4.69) is 24.1 Å². The molecule has 0 spiro atoms. The van der Waals surface area contributed by atoms with Crippen LogP contribution >= 0.6 is 0 Å². The number of nitrogens with zero attached hydrogens (tertiary/aromatic N) is 3. The Morgan fingerprint density at radius 3 is 2.46 bits per heavy atom. The van der Waals surface area contributed by atoms with E-state index in [1.807, 2.05) is 42.5 Å². The first-order valence-electron chi connectivity index (χ1n) is 13.2. The number of carboxylic acids is 1. The average molecular weight is 587 g/mol. The van der Waals surface area contributed by atoms with Gasteiger partial charge in [0.15, 0.2) is 0 Å². The second-order valence-electron chi connectivity index (χ2n) is 9.68. The van der Waals surface area contributed by atoms with Crippen molar-refractivity contribution in [2.24, 2.45) is 0 Å². The zero-order chi connectivity index (χ0) is 28.6. The number of carbonyl (C=O) groups is 1. The third-order valence-corrected chi connectivity index (χ3v) is 6.59. The number of nitrogens with one attached hydrogen (secondary N) is 1.